The fraction of sp³-hybridized carbons (Fsp3) is 0.0769. The number of ether oxygens (including phenoxy) is 1. The van der Waals surface area contributed by atoms with Crippen molar-refractivity contribution in [3.05, 3.63) is 63.5 Å². The van der Waals surface area contributed by atoms with E-state index in [0.717, 1.165) is 11.6 Å². The van der Waals surface area contributed by atoms with Gasteiger partial charge in [0.1, 0.15) is 6.61 Å². The summed E-state index contributed by atoms with van der Waals surface area (Å²) in [7, 11) is 0. The zero-order chi connectivity index (χ0) is 13.8. The Labute approximate surface area is 117 Å². The van der Waals surface area contributed by atoms with Crippen LogP contribution in [0.3, 0.4) is 0 Å². The van der Waals surface area contributed by atoms with E-state index >= 15 is 0 Å². The molecule has 0 aliphatic heterocycles. The zero-order valence-corrected chi connectivity index (χ0v) is 11.3. The molecule has 19 heavy (non-hydrogen) atoms. The lowest BCUT2D eigenvalue weighted by atomic mass is 10.2. The first kappa shape index (κ1) is 13.8. The summed E-state index contributed by atoms with van der Waals surface area (Å²) in [4.78, 5) is 0. The van der Waals surface area contributed by atoms with E-state index < -0.39 is 11.0 Å². The van der Waals surface area contributed by atoms with E-state index in [2.05, 4.69) is 15.9 Å². The normalized spacial score (nSPS) is 10.3. The van der Waals surface area contributed by atoms with Crippen LogP contribution >= 0.6 is 15.9 Å². The highest BCUT2D eigenvalue weighted by atomic mass is 79.9. The van der Waals surface area contributed by atoms with E-state index in [1.54, 1.807) is 0 Å². The average Bonchev–Trinajstić information content (AvgIpc) is 2.38. The van der Waals surface area contributed by atoms with Crippen LogP contribution in [0.25, 0.3) is 0 Å². The first-order chi connectivity index (χ1) is 9.08. The Bertz CT molecular complexity index is 563. The molecule has 2 aromatic carbocycles. The fourth-order valence-corrected chi connectivity index (χ4v) is 1.98. The molecule has 0 saturated heterocycles. The lowest BCUT2D eigenvalue weighted by Crippen LogP contribution is -2.10. The average molecular weight is 327 g/mol. The van der Waals surface area contributed by atoms with E-state index in [9.17, 15) is 9.60 Å². The summed E-state index contributed by atoms with van der Waals surface area (Å²) in [5.41, 5.74) is 0.536. The molecule has 0 aromatic heterocycles. The predicted molar refractivity (Wildman–Crippen MR) is 72.5 cm³/mol. The van der Waals surface area contributed by atoms with Crippen molar-refractivity contribution in [2.75, 3.05) is 5.23 Å². The second-order valence-corrected chi connectivity index (χ2v) is 4.70. The first-order valence-electron chi connectivity index (χ1n) is 5.40. The maximum absolute atomic E-state index is 13.7. The Morgan fingerprint density at radius 3 is 2.58 bits per heavy atom. The Morgan fingerprint density at radius 2 is 1.95 bits per heavy atom. The topological polar surface area (TPSA) is 55.8 Å². The molecule has 4 nitrogen and oxygen atoms in total. The van der Waals surface area contributed by atoms with Gasteiger partial charge in [-0.15, -0.1) is 0 Å². The van der Waals surface area contributed by atoms with Crippen molar-refractivity contribution in [3.8, 4) is 5.75 Å². The van der Waals surface area contributed by atoms with Crippen LogP contribution < -0.4 is 9.96 Å². The molecule has 0 aliphatic rings. The molecule has 1 N–H and O–H groups in total. The first-order valence-corrected chi connectivity index (χ1v) is 6.19. The van der Waals surface area contributed by atoms with Gasteiger partial charge in [0, 0.05) is 4.47 Å². The van der Waals surface area contributed by atoms with E-state index in [0.29, 0.717) is 4.47 Å². The van der Waals surface area contributed by atoms with Gasteiger partial charge >= 0.3 is 0 Å². The third-order valence-corrected chi connectivity index (χ3v) is 2.88. The monoisotopic (exact) mass is 326 g/mol. The second kappa shape index (κ2) is 6.01. The summed E-state index contributed by atoms with van der Waals surface area (Å²) >= 11 is 3.04. The highest BCUT2D eigenvalue weighted by molar-refractivity contribution is 9.10. The number of anilines is 1. The minimum atomic E-state index is -0.727. The van der Waals surface area contributed by atoms with Crippen molar-refractivity contribution < 1.29 is 14.3 Å². The molecule has 0 atom stereocenters. The van der Waals surface area contributed by atoms with Crippen LogP contribution in [0.5, 0.6) is 5.75 Å². The van der Waals surface area contributed by atoms with Gasteiger partial charge < -0.3 is 15.2 Å². The highest BCUT2D eigenvalue weighted by Gasteiger charge is 2.13. The minimum Gasteiger partial charge on any atom is -0.733 e. The summed E-state index contributed by atoms with van der Waals surface area (Å²) in [5, 5.41) is 19.5. The van der Waals surface area contributed by atoms with Crippen molar-refractivity contribution in [1.82, 2.24) is 0 Å². The molecule has 2 aromatic rings. The quantitative estimate of drug-likeness (QED) is 0.867. The van der Waals surface area contributed by atoms with Gasteiger partial charge in [-0.3, -0.25) is 5.21 Å². The molecule has 0 radical (unpaired) electrons. The third kappa shape index (κ3) is 3.44. The van der Waals surface area contributed by atoms with Crippen LogP contribution in [0, 0.1) is 11.0 Å². The molecule has 0 amide bonds. The van der Waals surface area contributed by atoms with Crippen molar-refractivity contribution >= 4 is 21.6 Å². The smallest absolute Gasteiger partial charge is 0.180 e. The molecule has 0 heterocycles. The fourth-order valence-electron chi connectivity index (χ4n) is 1.56. The number of rotatable bonds is 4. The molecule has 0 aliphatic carbocycles. The van der Waals surface area contributed by atoms with Gasteiger partial charge in [0.25, 0.3) is 0 Å². The Morgan fingerprint density at radius 1 is 1.26 bits per heavy atom. The van der Waals surface area contributed by atoms with Crippen LogP contribution in [0.2, 0.25) is 0 Å². The molecule has 0 spiro atoms. The molecule has 0 unspecified atom stereocenters. The van der Waals surface area contributed by atoms with Gasteiger partial charge in [-0.1, -0.05) is 46.3 Å². The van der Waals surface area contributed by atoms with Crippen molar-refractivity contribution in [2.24, 2.45) is 0 Å². The largest absolute Gasteiger partial charge is 0.733 e. The lowest BCUT2D eigenvalue weighted by molar-refractivity contribution is 0.266. The number of hydrogen-bond acceptors (Lipinski definition) is 4. The Balaban J connectivity index is 2.24. The summed E-state index contributed by atoms with van der Waals surface area (Å²) < 4.78 is 19.4. The van der Waals surface area contributed by atoms with E-state index in [1.807, 2.05) is 30.3 Å². The van der Waals surface area contributed by atoms with Gasteiger partial charge in [0.2, 0.25) is 0 Å². The van der Waals surface area contributed by atoms with E-state index in [1.165, 1.54) is 6.07 Å². The van der Waals surface area contributed by atoms with Crippen LogP contribution in [0.15, 0.2) is 46.9 Å². The zero-order valence-electron chi connectivity index (χ0n) is 9.72. The SMILES string of the molecule is [O-]N(O)c1cc(Br)cc(F)c1OCc1ccccc1. The van der Waals surface area contributed by atoms with Crippen LogP contribution in [0.4, 0.5) is 10.1 Å². The number of hydrogen-bond donors (Lipinski definition) is 1. The molecule has 0 saturated carbocycles. The Kier molecular flexibility index (Phi) is 4.36. The van der Waals surface area contributed by atoms with Gasteiger partial charge in [-0.25, -0.2) is 4.39 Å². The molecule has 0 fully saturated rings. The summed E-state index contributed by atoms with van der Waals surface area (Å²) in [5.74, 6) is -1.01. The number of halogens is 2. The molecular formula is C13H10BrFNO3-. The van der Waals surface area contributed by atoms with Crippen molar-refractivity contribution in [1.29, 1.82) is 0 Å². The molecule has 100 valence electrons. The van der Waals surface area contributed by atoms with Gasteiger partial charge in [-0.05, 0) is 17.7 Å². The summed E-state index contributed by atoms with van der Waals surface area (Å²) in [6.07, 6.45) is 0. The Hall–Kier alpha value is -1.63. The van der Waals surface area contributed by atoms with Gasteiger partial charge in [0.15, 0.2) is 11.6 Å². The minimum absolute atomic E-state index is 0.0975. The maximum atomic E-state index is 13.7. The van der Waals surface area contributed by atoms with Crippen molar-refractivity contribution in [3.63, 3.8) is 0 Å². The van der Waals surface area contributed by atoms with Crippen molar-refractivity contribution in [2.45, 2.75) is 6.61 Å². The maximum Gasteiger partial charge on any atom is 0.180 e. The van der Waals surface area contributed by atoms with E-state index in [4.69, 9.17) is 9.94 Å². The number of benzene rings is 2. The van der Waals surface area contributed by atoms with Crippen LogP contribution in [-0.4, -0.2) is 5.21 Å². The molecule has 2 rings (SSSR count). The van der Waals surface area contributed by atoms with Crippen LogP contribution in [0.1, 0.15) is 5.56 Å². The predicted octanol–water partition coefficient (Wildman–Crippen LogP) is 3.86. The molecular weight excluding hydrogens is 317 g/mol. The second-order valence-electron chi connectivity index (χ2n) is 3.78. The lowest BCUT2D eigenvalue weighted by Gasteiger charge is -2.25. The highest BCUT2D eigenvalue weighted by Crippen LogP contribution is 2.34. The summed E-state index contributed by atoms with van der Waals surface area (Å²) in [6.45, 7) is 0.0975. The molecule has 0 bridgehead atoms. The molecule has 6 heteroatoms. The number of nitrogens with zero attached hydrogens (tertiary/aromatic N) is 1. The standard InChI is InChI=1S/C13H10BrFNO3/c14-10-6-11(15)13(12(7-10)16(17)18)19-8-9-4-2-1-3-5-9/h1-7,17H,8H2/q-1. The van der Waals surface area contributed by atoms with Crippen LogP contribution in [-0.2, 0) is 6.61 Å². The van der Waals surface area contributed by atoms with Gasteiger partial charge in [-0.2, -0.15) is 0 Å². The van der Waals surface area contributed by atoms with E-state index in [-0.39, 0.29) is 18.0 Å². The summed E-state index contributed by atoms with van der Waals surface area (Å²) in [6, 6.07) is 11.5. The third-order valence-electron chi connectivity index (χ3n) is 2.42. The van der Waals surface area contributed by atoms with Gasteiger partial charge in [0.05, 0.1) is 5.69 Å².